The van der Waals surface area contributed by atoms with Gasteiger partial charge in [0.2, 0.25) is 5.91 Å². The van der Waals surface area contributed by atoms with Crippen LogP contribution in [0.3, 0.4) is 0 Å². The number of benzene rings is 1. The summed E-state index contributed by atoms with van der Waals surface area (Å²) in [5.74, 6) is 0.757. The Bertz CT molecular complexity index is 669. The van der Waals surface area contributed by atoms with E-state index < -0.39 is 10.2 Å². The van der Waals surface area contributed by atoms with Gasteiger partial charge in [0, 0.05) is 38.0 Å². The van der Waals surface area contributed by atoms with Crippen LogP contribution < -0.4 is 5.32 Å². The Hall–Kier alpha value is -1.09. The topological polar surface area (TPSA) is 69.7 Å². The van der Waals surface area contributed by atoms with Crippen LogP contribution in [0.1, 0.15) is 19.8 Å². The van der Waals surface area contributed by atoms with Gasteiger partial charge in [-0.1, -0.05) is 19.1 Å². The number of hydrogen-bond donors (Lipinski definition) is 1. The van der Waals surface area contributed by atoms with Gasteiger partial charge in [0.1, 0.15) is 0 Å². The lowest BCUT2D eigenvalue weighted by Gasteiger charge is -2.32. The van der Waals surface area contributed by atoms with E-state index in [9.17, 15) is 13.2 Å². The lowest BCUT2D eigenvalue weighted by molar-refractivity contribution is -0.120. The van der Waals surface area contributed by atoms with E-state index in [0.29, 0.717) is 25.9 Å². The van der Waals surface area contributed by atoms with Gasteiger partial charge in [-0.15, -0.1) is 11.8 Å². The first-order valence-corrected chi connectivity index (χ1v) is 10.4. The number of thioether (sulfide) groups is 1. The van der Waals surface area contributed by atoms with Crippen molar-refractivity contribution in [1.82, 2.24) is 8.61 Å². The molecule has 24 heavy (non-hydrogen) atoms. The molecule has 8 heteroatoms. The van der Waals surface area contributed by atoms with Crippen LogP contribution in [0.25, 0.3) is 0 Å². The van der Waals surface area contributed by atoms with E-state index >= 15 is 0 Å². The maximum atomic E-state index is 12.5. The van der Waals surface area contributed by atoms with Crippen molar-refractivity contribution in [2.75, 3.05) is 38.3 Å². The third kappa shape index (κ3) is 4.50. The van der Waals surface area contributed by atoms with Gasteiger partial charge in [0.25, 0.3) is 10.2 Å². The van der Waals surface area contributed by atoms with E-state index in [1.807, 2.05) is 24.3 Å². The van der Waals surface area contributed by atoms with Crippen molar-refractivity contribution in [3.05, 3.63) is 24.3 Å². The van der Waals surface area contributed by atoms with Crippen molar-refractivity contribution in [2.45, 2.75) is 24.7 Å². The molecule has 0 unspecified atom stereocenters. The van der Waals surface area contributed by atoms with E-state index in [1.165, 1.54) is 22.7 Å². The van der Waals surface area contributed by atoms with Crippen LogP contribution in [0.5, 0.6) is 0 Å². The second-order valence-electron chi connectivity index (χ2n) is 5.88. The molecular weight excluding hydrogens is 346 g/mol. The SMILES string of the molecule is CCSc1ccccc1NC(=O)C1CCN(S(=O)(=O)N(C)C)CC1. The van der Waals surface area contributed by atoms with Crippen LogP contribution in [0, 0.1) is 5.92 Å². The number of hydrogen-bond acceptors (Lipinski definition) is 4. The Kier molecular flexibility index (Phi) is 6.68. The smallest absolute Gasteiger partial charge is 0.281 e. The molecule has 1 saturated heterocycles. The highest BCUT2D eigenvalue weighted by Gasteiger charge is 2.32. The molecule has 1 aromatic carbocycles. The second-order valence-corrected chi connectivity index (χ2v) is 9.33. The Morgan fingerprint density at radius 2 is 1.92 bits per heavy atom. The Morgan fingerprint density at radius 3 is 2.50 bits per heavy atom. The molecule has 1 aliphatic heterocycles. The summed E-state index contributed by atoms with van der Waals surface area (Å²) >= 11 is 1.69. The number of nitrogens with one attached hydrogen (secondary N) is 1. The van der Waals surface area contributed by atoms with Crippen molar-refractivity contribution in [1.29, 1.82) is 0 Å². The average Bonchev–Trinajstić information content (AvgIpc) is 2.57. The van der Waals surface area contributed by atoms with Gasteiger partial charge in [-0.2, -0.15) is 17.0 Å². The van der Waals surface area contributed by atoms with Gasteiger partial charge in [-0.3, -0.25) is 4.79 Å². The maximum absolute atomic E-state index is 12.5. The number of nitrogens with zero attached hydrogens (tertiary/aromatic N) is 2. The molecule has 0 radical (unpaired) electrons. The number of para-hydroxylation sites is 1. The second kappa shape index (κ2) is 8.33. The maximum Gasteiger partial charge on any atom is 0.281 e. The molecule has 1 aliphatic rings. The molecule has 1 aromatic rings. The highest BCUT2D eigenvalue weighted by molar-refractivity contribution is 7.99. The molecule has 0 atom stereocenters. The molecule has 0 aliphatic carbocycles. The fourth-order valence-electron chi connectivity index (χ4n) is 2.67. The summed E-state index contributed by atoms with van der Waals surface area (Å²) in [7, 11) is -0.342. The van der Waals surface area contributed by atoms with Crippen LogP contribution in [-0.4, -0.2) is 55.9 Å². The third-order valence-electron chi connectivity index (χ3n) is 4.06. The summed E-state index contributed by atoms with van der Waals surface area (Å²) in [6, 6.07) is 7.76. The Morgan fingerprint density at radius 1 is 1.29 bits per heavy atom. The first kappa shape index (κ1) is 19.2. The number of amides is 1. The molecule has 0 aromatic heterocycles. The van der Waals surface area contributed by atoms with Gasteiger partial charge in [0.05, 0.1) is 5.69 Å². The lowest BCUT2D eigenvalue weighted by Crippen LogP contribution is -2.46. The Balaban J connectivity index is 1.97. The van der Waals surface area contributed by atoms with Gasteiger partial charge >= 0.3 is 0 Å². The zero-order chi connectivity index (χ0) is 17.7. The molecule has 0 spiro atoms. The largest absolute Gasteiger partial charge is 0.325 e. The predicted molar refractivity (Wildman–Crippen MR) is 98.4 cm³/mol. The molecule has 0 bridgehead atoms. The molecule has 1 fully saturated rings. The molecular formula is C16H25N3O3S2. The number of anilines is 1. The third-order valence-corrected chi connectivity index (χ3v) is 6.95. The highest BCUT2D eigenvalue weighted by Crippen LogP contribution is 2.28. The van der Waals surface area contributed by atoms with Crippen LogP contribution in [0.15, 0.2) is 29.2 Å². The zero-order valence-corrected chi connectivity index (χ0v) is 16.0. The summed E-state index contributed by atoms with van der Waals surface area (Å²) in [5.41, 5.74) is 0.831. The van der Waals surface area contributed by atoms with E-state index in [2.05, 4.69) is 12.2 Å². The zero-order valence-electron chi connectivity index (χ0n) is 14.4. The van der Waals surface area contributed by atoms with Gasteiger partial charge in [-0.05, 0) is 30.7 Å². The normalized spacial score (nSPS) is 17.2. The van der Waals surface area contributed by atoms with Gasteiger partial charge in [0.15, 0.2) is 0 Å². The van der Waals surface area contributed by atoms with Crippen molar-refractivity contribution < 1.29 is 13.2 Å². The standard InChI is InChI=1S/C16H25N3O3S2/c1-4-23-15-8-6-5-7-14(15)17-16(20)13-9-11-19(12-10-13)24(21,22)18(2)3/h5-8,13H,4,9-12H2,1-3H3,(H,17,20). The van der Waals surface area contributed by atoms with Crippen LogP contribution in [0.2, 0.25) is 0 Å². The highest BCUT2D eigenvalue weighted by atomic mass is 32.2. The van der Waals surface area contributed by atoms with Crippen LogP contribution >= 0.6 is 11.8 Å². The molecule has 1 heterocycles. The molecule has 134 valence electrons. The van der Waals surface area contributed by atoms with E-state index in [1.54, 1.807) is 11.8 Å². The number of rotatable bonds is 6. The first-order chi connectivity index (χ1) is 11.4. The Labute approximate surface area is 148 Å². The molecule has 2 rings (SSSR count). The van der Waals surface area contributed by atoms with Gasteiger partial charge in [-0.25, -0.2) is 0 Å². The van der Waals surface area contributed by atoms with Crippen molar-refractivity contribution >= 4 is 33.6 Å². The van der Waals surface area contributed by atoms with E-state index in [-0.39, 0.29) is 11.8 Å². The van der Waals surface area contributed by atoms with Crippen molar-refractivity contribution in [3.8, 4) is 0 Å². The summed E-state index contributed by atoms with van der Waals surface area (Å²) < 4.78 is 26.9. The monoisotopic (exact) mass is 371 g/mol. The van der Waals surface area contributed by atoms with Crippen molar-refractivity contribution in [3.63, 3.8) is 0 Å². The average molecular weight is 372 g/mol. The summed E-state index contributed by atoms with van der Waals surface area (Å²) in [4.78, 5) is 13.6. The number of piperidine rings is 1. The molecule has 6 nitrogen and oxygen atoms in total. The minimum Gasteiger partial charge on any atom is -0.325 e. The number of carbonyl (C=O) groups excluding carboxylic acids is 1. The number of carbonyl (C=O) groups is 1. The first-order valence-electron chi connectivity index (χ1n) is 8.06. The fourth-order valence-corrected chi connectivity index (χ4v) is 4.56. The lowest BCUT2D eigenvalue weighted by atomic mass is 9.97. The summed E-state index contributed by atoms with van der Waals surface area (Å²) in [6.45, 7) is 2.83. The quantitative estimate of drug-likeness (QED) is 0.779. The van der Waals surface area contributed by atoms with Gasteiger partial charge < -0.3 is 5.32 Å². The predicted octanol–water partition coefficient (Wildman–Crippen LogP) is 2.26. The molecule has 1 amide bonds. The fraction of sp³-hybridized carbons (Fsp3) is 0.562. The minimum absolute atomic E-state index is 0.0268. The summed E-state index contributed by atoms with van der Waals surface area (Å²) in [5, 5.41) is 3.00. The van der Waals surface area contributed by atoms with Crippen molar-refractivity contribution in [2.24, 2.45) is 5.92 Å². The van der Waals surface area contributed by atoms with E-state index in [0.717, 1.165) is 16.3 Å². The summed E-state index contributed by atoms with van der Waals surface area (Å²) in [6.07, 6.45) is 1.09. The van der Waals surface area contributed by atoms with E-state index in [4.69, 9.17) is 0 Å². The molecule has 0 saturated carbocycles. The van der Waals surface area contributed by atoms with Crippen LogP contribution in [-0.2, 0) is 15.0 Å². The molecule has 1 N–H and O–H groups in total. The minimum atomic E-state index is -3.39. The van der Waals surface area contributed by atoms with Crippen LogP contribution in [0.4, 0.5) is 5.69 Å².